The number of hydrogen-bond donors (Lipinski definition) is 0. The average molecular weight is 311 g/mol. The maximum atomic E-state index is 12.4. The van der Waals surface area contributed by atoms with Gasteiger partial charge in [0.15, 0.2) is 11.6 Å². The summed E-state index contributed by atoms with van der Waals surface area (Å²) in [5.74, 6) is 1.25. The van der Waals surface area contributed by atoms with E-state index in [1.54, 1.807) is 6.08 Å². The molecular weight excluding hydrogens is 290 g/mol. The van der Waals surface area contributed by atoms with Crippen LogP contribution in [0.15, 0.2) is 22.2 Å². The van der Waals surface area contributed by atoms with Crippen LogP contribution >= 0.6 is 0 Å². The van der Waals surface area contributed by atoms with Gasteiger partial charge in [-0.15, -0.1) is 0 Å². The first-order chi connectivity index (χ1) is 10.6. The second-order valence-electron chi connectivity index (χ2n) is 6.71. The van der Waals surface area contributed by atoms with Crippen molar-refractivity contribution in [2.75, 3.05) is 0 Å². The lowest BCUT2D eigenvalue weighted by Crippen LogP contribution is -2.21. The molecular formula is C18H21N3O2. The summed E-state index contributed by atoms with van der Waals surface area (Å²) < 4.78 is 7.07. The van der Waals surface area contributed by atoms with Gasteiger partial charge in [0.05, 0.1) is 5.57 Å². The SMILES string of the molecule is Cc1cc(-n2c(C)cc(/C=C(\C#N)C(=O)C(C)(C)C)c2C)no1. The van der Waals surface area contributed by atoms with E-state index in [-0.39, 0.29) is 11.4 Å². The Morgan fingerprint density at radius 1 is 1.30 bits per heavy atom. The summed E-state index contributed by atoms with van der Waals surface area (Å²) in [6.07, 6.45) is 1.65. The van der Waals surface area contributed by atoms with E-state index in [1.807, 2.05) is 64.3 Å². The molecule has 0 aliphatic heterocycles. The highest BCUT2D eigenvalue weighted by atomic mass is 16.5. The number of rotatable bonds is 3. The van der Waals surface area contributed by atoms with Crippen LogP contribution in [0.4, 0.5) is 0 Å². The van der Waals surface area contributed by atoms with Gasteiger partial charge < -0.3 is 4.52 Å². The predicted octanol–water partition coefficient (Wildman–Crippen LogP) is 3.91. The third kappa shape index (κ3) is 3.26. The van der Waals surface area contributed by atoms with E-state index in [1.165, 1.54) is 0 Å². The Hall–Kier alpha value is -2.61. The fraction of sp³-hybridized carbons (Fsp3) is 0.389. The van der Waals surface area contributed by atoms with Crippen molar-refractivity contribution in [1.29, 1.82) is 5.26 Å². The number of aromatic nitrogens is 2. The number of Topliss-reactive ketones (excluding diaryl/α,β-unsaturated/α-hetero) is 1. The lowest BCUT2D eigenvalue weighted by Gasteiger charge is -2.15. The lowest BCUT2D eigenvalue weighted by atomic mass is 9.86. The summed E-state index contributed by atoms with van der Waals surface area (Å²) in [4.78, 5) is 12.4. The number of aryl methyl sites for hydroxylation is 2. The van der Waals surface area contributed by atoms with Crippen molar-refractivity contribution < 1.29 is 9.32 Å². The van der Waals surface area contributed by atoms with Crippen molar-refractivity contribution >= 4 is 11.9 Å². The zero-order valence-corrected chi connectivity index (χ0v) is 14.4. The van der Waals surface area contributed by atoms with Gasteiger partial charge in [-0.25, -0.2) is 0 Å². The van der Waals surface area contributed by atoms with Crippen molar-refractivity contribution in [3.8, 4) is 11.9 Å². The summed E-state index contributed by atoms with van der Waals surface area (Å²) in [7, 11) is 0. The Kier molecular flexibility index (Phi) is 4.28. The zero-order chi connectivity index (χ0) is 17.4. The first-order valence-electron chi connectivity index (χ1n) is 7.44. The van der Waals surface area contributed by atoms with Gasteiger partial charge in [0.1, 0.15) is 11.8 Å². The van der Waals surface area contributed by atoms with E-state index in [4.69, 9.17) is 4.52 Å². The van der Waals surface area contributed by atoms with Crippen LogP contribution in [-0.4, -0.2) is 15.5 Å². The molecule has 0 radical (unpaired) electrons. The molecule has 23 heavy (non-hydrogen) atoms. The number of nitriles is 1. The predicted molar refractivity (Wildman–Crippen MR) is 88.1 cm³/mol. The van der Waals surface area contributed by atoms with Crippen LogP contribution in [-0.2, 0) is 4.79 Å². The number of allylic oxidation sites excluding steroid dienone is 1. The highest BCUT2D eigenvalue weighted by Crippen LogP contribution is 2.25. The minimum atomic E-state index is -0.587. The third-order valence-electron chi connectivity index (χ3n) is 3.66. The van der Waals surface area contributed by atoms with Crippen LogP contribution in [0.2, 0.25) is 0 Å². The van der Waals surface area contributed by atoms with Crippen LogP contribution in [0.25, 0.3) is 11.9 Å². The minimum absolute atomic E-state index is 0.161. The van der Waals surface area contributed by atoms with Crippen LogP contribution in [0.5, 0.6) is 0 Å². The fourth-order valence-electron chi connectivity index (χ4n) is 2.45. The molecule has 0 aliphatic rings. The Bertz CT molecular complexity index is 824. The van der Waals surface area contributed by atoms with Gasteiger partial charge in [0, 0.05) is 22.9 Å². The molecule has 2 aromatic heterocycles. The zero-order valence-electron chi connectivity index (χ0n) is 14.4. The molecule has 0 saturated carbocycles. The molecule has 2 rings (SSSR count). The van der Waals surface area contributed by atoms with Gasteiger partial charge in [0.25, 0.3) is 0 Å². The topological polar surface area (TPSA) is 71.8 Å². The summed E-state index contributed by atoms with van der Waals surface area (Å²) in [5, 5.41) is 13.4. The van der Waals surface area contributed by atoms with Gasteiger partial charge in [-0.05, 0) is 38.5 Å². The summed E-state index contributed by atoms with van der Waals surface area (Å²) >= 11 is 0. The second-order valence-corrected chi connectivity index (χ2v) is 6.71. The molecule has 5 nitrogen and oxygen atoms in total. The molecule has 120 valence electrons. The molecule has 0 bridgehead atoms. The van der Waals surface area contributed by atoms with Crippen LogP contribution < -0.4 is 0 Å². The van der Waals surface area contributed by atoms with E-state index < -0.39 is 5.41 Å². The standard InChI is InChI=1S/C18H21N3O2/c1-11-7-14(9-15(10-19)17(22)18(4,5)6)13(3)21(11)16-8-12(2)23-20-16/h7-9H,1-6H3/b15-9+. The van der Waals surface area contributed by atoms with Crippen molar-refractivity contribution in [1.82, 2.24) is 9.72 Å². The molecule has 0 saturated heterocycles. The van der Waals surface area contributed by atoms with Crippen molar-refractivity contribution in [3.05, 3.63) is 40.4 Å². The summed E-state index contributed by atoms with van der Waals surface area (Å²) in [5.41, 5.74) is 2.27. The number of carbonyl (C=O) groups is 1. The van der Waals surface area contributed by atoms with E-state index in [0.717, 1.165) is 22.7 Å². The maximum absolute atomic E-state index is 12.4. The largest absolute Gasteiger partial charge is 0.360 e. The van der Waals surface area contributed by atoms with E-state index in [0.29, 0.717) is 5.82 Å². The molecule has 0 N–H and O–H groups in total. The van der Waals surface area contributed by atoms with E-state index in [2.05, 4.69) is 5.16 Å². The van der Waals surface area contributed by atoms with Gasteiger partial charge in [-0.3, -0.25) is 9.36 Å². The van der Waals surface area contributed by atoms with E-state index in [9.17, 15) is 10.1 Å². The van der Waals surface area contributed by atoms with Crippen LogP contribution in [0.1, 0.15) is 43.5 Å². The molecule has 0 atom stereocenters. The Labute approximate surface area is 136 Å². The molecule has 2 heterocycles. The van der Waals surface area contributed by atoms with Crippen LogP contribution in [0.3, 0.4) is 0 Å². The highest BCUT2D eigenvalue weighted by molar-refractivity contribution is 6.06. The fourth-order valence-corrected chi connectivity index (χ4v) is 2.45. The van der Waals surface area contributed by atoms with Gasteiger partial charge in [-0.2, -0.15) is 5.26 Å². The smallest absolute Gasteiger partial charge is 0.180 e. The van der Waals surface area contributed by atoms with Gasteiger partial charge >= 0.3 is 0 Å². The Morgan fingerprint density at radius 3 is 2.43 bits per heavy atom. The minimum Gasteiger partial charge on any atom is -0.360 e. The molecule has 5 heteroatoms. The first-order valence-corrected chi connectivity index (χ1v) is 7.44. The molecule has 2 aromatic rings. The molecule has 0 aromatic carbocycles. The monoisotopic (exact) mass is 311 g/mol. The van der Waals surface area contributed by atoms with Crippen LogP contribution in [0, 0.1) is 37.5 Å². The van der Waals surface area contributed by atoms with Gasteiger partial charge in [-0.1, -0.05) is 25.9 Å². The van der Waals surface area contributed by atoms with E-state index >= 15 is 0 Å². The Morgan fingerprint density at radius 2 is 1.96 bits per heavy atom. The second kappa shape index (κ2) is 5.88. The Balaban J connectivity index is 2.52. The van der Waals surface area contributed by atoms with Gasteiger partial charge in [0.2, 0.25) is 0 Å². The summed E-state index contributed by atoms with van der Waals surface area (Å²) in [6, 6.07) is 5.81. The normalized spacial score (nSPS) is 12.3. The lowest BCUT2D eigenvalue weighted by molar-refractivity contribution is -0.121. The average Bonchev–Trinajstić information content (AvgIpc) is 2.98. The third-order valence-corrected chi connectivity index (χ3v) is 3.66. The van der Waals surface area contributed by atoms with Crippen molar-refractivity contribution in [2.45, 2.75) is 41.5 Å². The quantitative estimate of drug-likeness (QED) is 0.636. The molecule has 0 aliphatic carbocycles. The molecule has 0 fully saturated rings. The number of ketones is 1. The number of hydrogen-bond acceptors (Lipinski definition) is 4. The summed E-state index contributed by atoms with van der Waals surface area (Å²) in [6.45, 7) is 11.1. The molecule has 0 unspecified atom stereocenters. The molecule has 0 spiro atoms. The molecule has 0 amide bonds. The van der Waals surface area contributed by atoms with Crippen molar-refractivity contribution in [2.24, 2.45) is 5.41 Å². The van der Waals surface area contributed by atoms with Crippen molar-refractivity contribution in [3.63, 3.8) is 0 Å². The maximum Gasteiger partial charge on any atom is 0.180 e. The highest BCUT2D eigenvalue weighted by Gasteiger charge is 2.25. The first kappa shape index (κ1) is 16.8. The number of carbonyl (C=O) groups excluding carboxylic acids is 1. The number of nitrogens with zero attached hydrogens (tertiary/aromatic N) is 3.